The molecule has 1 saturated carbocycles. The van der Waals surface area contributed by atoms with Gasteiger partial charge in [0.25, 0.3) is 0 Å². The van der Waals surface area contributed by atoms with E-state index in [4.69, 9.17) is 11.6 Å². The Morgan fingerprint density at radius 2 is 2.17 bits per heavy atom. The van der Waals surface area contributed by atoms with Gasteiger partial charge in [-0.05, 0) is 18.8 Å². The quantitative estimate of drug-likeness (QED) is 0.476. The Morgan fingerprint density at radius 3 is 2.33 bits per heavy atom. The number of hydrogen-bond donors (Lipinski definition) is 0. The third-order valence-corrected chi connectivity index (χ3v) is 1.11. The van der Waals surface area contributed by atoms with Gasteiger partial charge in [0.1, 0.15) is 0 Å². The molecule has 0 saturated heterocycles. The first-order valence-electron chi connectivity index (χ1n) is 2.20. The molecular weight excluding hydrogens is 95.5 g/mol. The van der Waals surface area contributed by atoms with E-state index in [1.165, 1.54) is 12.8 Å². The van der Waals surface area contributed by atoms with Crippen LogP contribution in [-0.4, -0.2) is 0 Å². The van der Waals surface area contributed by atoms with Gasteiger partial charge in [-0.2, -0.15) is 0 Å². The van der Waals surface area contributed by atoms with E-state index in [0.717, 1.165) is 5.92 Å². The van der Waals surface area contributed by atoms with Crippen LogP contribution in [0.3, 0.4) is 0 Å². The molecule has 6 heavy (non-hydrogen) atoms. The zero-order valence-corrected chi connectivity index (χ0v) is 4.28. The monoisotopic (exact) mass is 102 g/mol. The molecule has 1 rings (SSSR count). The van der Waals surface area contributed by atoms with E-state index in [1.54, 1.807) is 5.54 Å². The molecule has 0 unspecified atom stereocenters. The van der Waals surface area contributed by atoms with Crippen LogP contribution in [-0.2, 0) is 0 Å². The van der Waals surface area contributed by atoms with Crippen molar-refractivity contribution in [1.29, 1.82) is 0 Å². The van der Waals surface area contributed by atoms with E-state index in [9.17, 15) is 0 Å². The first-order valence-corrected chi connectivity index (χ1v) is 2.64. The summed E-state index contributed by atoms with van der Waals surface area (Å²) >= 11 is 5.26. The molecule has 0 atom stereocenters. The van der Waals surface area contributed by atoms with Crippen LogP contribution >= 0.6 is 11.6 Å². The van der Waals surface area contributed by atoms with Gasteiger partial charge in [0, 0.05) is 5.54 Å². The minimum Gasteiger partial charge on any atom is -0.0933 e. The number of allylic oxidation sites excluding steroid dienone is 1. The molecule has 0 radical (unpaired) electrons. The van der Waals surface area contributed by atoms with Crippen LogP contribution in [0.5, 0.6) is 0 Å². The van der Waals surface area contributed by atoms with Crippen molar-refractivity contribution in [3.63, 3.8) is 0 Å². The van der Waals surface area contributed by atoms with Gasteiger partial charge in [0.05, 0.1) is 0 Å². The molecule has 1 aliphatic rings. The van der Waals surface area contributed by atoms with E-state index >= 15 is 0 Å². The Bertz CT molecular complexity index is 62.3. The first-order chi connectivity index (χ1) is 2.93. The van der Waals surface area contributed by atoms with E-state index in [2.05, 4.69) is 0 Å². The lowest BCUT2D eigenvalue weighted by atomic mass is 10.4. The van der Waals surface area contributed by atoms with Gasteiger partial charge in [-0.3, -0.25) is 0 Å². The summed E-state index contributed by atoms with van der Waals surface area (Å²) in [5, 5.41) is 0. The smallest absolute Gasteiger partial charge is 0.000525 e. The fourth-order valence-electron chi connectivity index (χ4n) is 0.392. The lowest BCUT2D eigenvalue weighted by molar-refractivity contribution is 1.13. The Morgan fingerprint density at radius 1 is 1.50 bits per heavy atom. The summed E-state index contributed by atoms with van der Waals surface area (Å²) in [5.41, 5.74) is 1.61. The Kier molecular flexibility index (Phi) is 1.16. The topological polar surface area (TPSA) is 0 Å². The van der Waals surface area contributed by atoms with Crippen molar-refractivity contribution in [2.24, 2.45) is 5.92 Å². The van der Waals surface area contributed by atoms with E-state index in [0.29, 0.717) is 0 Å². The van der Waals surface area contributed by atoms with Gasteiger partial charge >= 0.3 is 0 Å². The van der Waals surface area contributed by atoms with Crippen molar-refractivity contribution >= 4 is 11.6 Å². The summed E-state index contributed by atoms with van der Waals surface area (Å²) in [5.74, 6) is 0.836. The van der Waals surface area contributed by atoms with Crippen LogP contribution in [0.1, 0.15) is 12.8 Å². The second-order valence-corrected chi connectivity index (χ2v) is 1.91. The normalized spacial score (nSPS) is 22.8. The fourth-order valence-corrected chi connectivity index (χ4v) is 0.597. The standard InChI is InChI=1S/C5H7Cl/c6-4-3-5-1-2-5/h3-5H,1-2H2/b4-3+. The maximum Gasteiger partial charge on any atom is 0.000525 e. The van der Waals surface area contributed by atoms with E-state index < -0.39 is 0 Å². The minimum absolute atomic E-state index is 0.836. The minimum atomic E-state index is 0.836. The average molecular weight is 103 g/mol. The molecule has 0 nitrogen and oxygen atoms in total. The van der Waals surface area contributed by atoms with Crippen molar-refractivity contribution in [3.8, 4) is 0 Å². The maximum atomic E-state index is 5.26. The molecule has 0 aromatic rings. The predicted octanol–water partition coefficient (Wildman–Crippen LogP) is 2.15. The van der Waals surface area contributed by atoms with Gasteiger partial charge in [-0.15, -0.1) is 0 Å². The predicted molar refractivity (Wildman–Crippen MR) is 27.7 cm³/mol. The second-order valence-electron chi connectivity index (χ2n) is 1.66. The SMILES string of the molecule is Cl/C=C/C1CC1. The highest BCUT2D eigenvalue weighted by Crippen LogP contribution is 2.29. The van der Waals surface area contributed by atoms with E-state index in [1.807, 2.05) is 6.08 Å². The molecule has 0 amide bonds. The molecule has 34 valence electrons. The maximum absolute atomic E-state index is 5.26. The lowest BCUT2D eigenvalue weighted by Gasteiger charge is -1.67. The molecule has 0 N–H and O–H groups in total. The summed E-state index contributed by atoms with van der Waals surface area (Å²) in [4.78, 5) is 0. The van der Waals surface area contributed by atoms with Gasteiger partial charge in [-0.1, -0.05) is 17.7 Å². The summed E-state index contributed by atoms with van der Waals surface area (Å²) in [6, 6.07) is 0. The molecular formula is C5H7Cl. The average Bonchev–Trinajstić information content (AvgIpc) is 2.21. The molecule has 1 heteroatoms. The number of halogens is 1. The molecule has 0 bridgehead atoms. The molecule has 0 aliphatic heterocycles. The summed E-state index contributed by atoms with van der Waals surface area (Å²) in [6.07, 6.45) is 4.74. The van der Waals surface area contributed by atoms with Crippen LogP contribution < -0.4 is 0 Å². The zero-order chi connectivity index (χ0) is 4.41. The third kappa shape index (κ3) is 1.02. The van der Waals surface area contributed by atoms with Crippen LogP contribution in [0.4, 0.5) is 0 Å². The highest BCUT2D eigenvalue weighted by atomic mass is 35.5. The molecule has 1 aliphatic carbocycles. The highest BCUT2D eigenvalue weighted by Gasteiger charge is 2.16. The first kappa shape index (κ1) is 4.20. The van der Waals surface area contributed by atoms with Crippen LogP contribution in [0.15, 0.2) is 11.6 Å². The largest absolute Gasteiger partial charge is 0.0933 e. The number of hydrogen-bond acceptors (Lipinski definition) is 0. The Hall–Kier alpha value is 0.0300. The molecule has 0 heterocycles. The summed E-state index contributed by atoms with van der Waals surface area (Å²) < 4.78 is 0. The summed E-state index contributed by atoms with van der Waals surface area (Å²) in [7, 11) is 0. The highest BCUT2D eigenvalue weighted by molar-refractivity contribution is 6.25. The van der Waals surface area contributed by atoms with Crippen molar-refractivity contribution in [2.45, 2.75) is 12.8 Å². The van der Waals surface area contributed by atoms with Gasteiger partial charge in [-0.25, -0.2) is 0 Å². The molecule has 0 aromatic heterocycles. The second kappa shape index (κ2) is 1.65. The van der Waals surface area contributed by atoms with Gasteiger partial charge in [0.2, 0.25) is 0 Å². The van der Waals surface area contributed by atoms with Gasteiger partial charge < -0.3 is 0 Å². The van der Waals surface area contributed by atoms with Crippen molar-refractivity contribution in [2.75, 3.05) is 0 Å². The Labute approximate surface area is 42.8 Å². The molecule has 0 spiro atoms. The van der Waals surface area contributed by atoms with Crippen molar-refractivity contribution in [1.82, 2.24) is 0 Å². The van der Waals surface area contributed by atoms with Crippen molar-refractivity contribution in [3.05, 3.63) is 11.6 Å². The Balaban J connectivity index is 2.15. The van der Waals surface area contributed by atoms with Crippen LogP contribution in [0, 0.1) is 5.92 Å². The lowest BCUT2D eigenvalue weighted by Crippen LogP contribution is -1.53. The fraction of sp³-hybridized carbons (Fsp3) is 0.600. The van der Waals surface area contributed by atoms with Gasteiger partial charge in [0.15, 0.2) is 0 Å². The van der Waals surface area contributed by atoms with Crippen molar-refractivity contribution < 1.29 is 0 Å². The summed E-state index contributed by atoms with van der Waals surface area (Å²) in [6.45, 7) is 0. The third-order valence-electron chi connectivity index (χ3n) is 0.967. The number of rotatable bonds is 1. The van der Waals surface area contributed by atoms with Crippen LogP contribution in [0.25, 0.3) is 0 Å². The zero-order valence-electron chi connectivity index (χ0n) is 3.52. The molecule has 1 fully saturated rings. The van der Waals surface area contributed by atoms with E-state index in [-0.39, 0.29) is 0 Å². The van der Waals surface area contributed by atoms with Crippen LogP contribution in [0.2, 0.25) is 0 Å². The molecule has 0 aromatic carbocycles.